The largest absolute Gasteiger partial charge is 0.364 e. The lowest BCUT2D eigenvalue weighted by molar-refractivity contribution is 0.131. The van der Waals surface area contributed by atoms with Crippen LogP contribution in [-0.4, -0.2) is 52.2 Å². The van der Waals surface area contributed by atoms with Crippen molar-refractivity contribution in [2.75, 3.05) is 26.2 Å². The average Bonchev–Trinajstić information content (AvgIpc) is 3.07. The molecular formula is C16H21N5O2S. The van der Waals surface area contributed by atoms with E-state index in [-0.39, 0.29) is 12.1 Å². The van der Waals surface area contributed by atoms with Gasteiger partial charge in [0.1, 0.15) is 11.3 Å². The van der Waals surface area contributed by atoms with E-state index in [1.54, 1.807) is 17.6 Å². The minimum absolute atomic E-state index is 0.0307. The summed E-state index contributed by atoms with van der Waals surface area (Å²) >= 11 is 1.62. The highest BCUT2D eigenvalue weighted by molar-refractivity contribution is 7.09. The van der Waals surface area contributed by atoms with Gasteiger partial charge in [-0.3, -0.25) is 4.90 Å². The number of thiazole rings is 1. The quantitative estimate of drug-likeness (QED) is 0.897. The number of rotatable bonds is 5. The van der Waals surface area contributed by atoms with Crippen LogP contribution >= 0.6 is 11.3 Å². The van der Waals surface area contributed by atoms with E-state index in [0.29, 0.717) is 5.92 Å². The number of carbonyl (C=O) groups excluding carboxylic acids is 1. The third-order valence-corrected chi connectivity index (χ3v) is 5.48. The van der Waals surface area contributed by atoms with Crippen molar-refractivity contribution < 1.29 is 9.32 Å². The maximum atomic E-state index is 12.6. The molecule has 8 heteroatoms. The zero-order chi connectivity index (χ0) is 16.4. The fourth-order valence-electron chi connectivity index (χ4n) is 3.08. The maximum Gasteiger partial charge on any atom is 0.318 e. The molecule has 0 spiro atoms. The van der Waals surface area contributed by atoms with Crippen LogP contribution in [0.1, 0.15) is 29.6 Å². The third-order valence-electron chi connectivity index (χ3n) is 4.63. The van der Waals surface area contributed by atoms with Crippen molar-refractivity contribution in [3.05, 3.63) is 34.6 Å². The van der Waals surface area contributed by atoms with Crippen LogP contribution in [0, 0.1) is 5.92 Å². The molecule has 1 N–H and O–H groups in total. The third kappa shape index (κ3) is 3.59. The van der Waals surface area contributed by atoms with Gasteiger partial charge in [0, 0.05) is 50.4 Å². The zero-order valence-corrected chi connectivity index (χ0v) is 14.2. The van der Waals surface area contributed by atoms with Crippen molar-refractivity contribution in [1.82, 2.24) is 25.3 Å². The second-order valence-electron chi connectivity index (χ2n) is 6.39. The summed E-state index contributed by atoms with van der Waals surface area (Å²) in [5.41, 5.74) is 0.936. The van der Waals surface area contributed by atoms with Crippen molar-refractivity contribution in [1.29, 1.82) is 0 Å². The van der Waals surface area contributed by atoms with Gasteiger partial charge in [-0.25, -0.2) is 9.78 Å². The molecule has 0 radical (unpaired) electrons. The Balaban J connectivity index is 1.29. The molecule has 1 saturated carbocycles. The van der Waals surface area contributed by atoms with Crippen molar-refractivity contribution >= 4 is 17.4 Å². The predicted octanol–water partition coefficient (Wildman–Crippen LogP) is 2.11. The summed E-state index contributed by atoms with van der Waals surface area (Å²) in [5, 5.41) is 10.1. The van der Waals surface area contributed by atoms with Gasteiger partial charge in [0.25, 0.3) is 0 Å². The Kier molecular flexibility index (Phi) is 4.48. The first-order valence-electron chi connectivity index (χ1n) is 8.36. The highest BCUT2D eigenvalue weighted by Gasteiger charge is 2.36. The number of nitrogens with zero attached hydrogens (tertiary/aromatic N) is 4. The standard InChI is InChI=1S/C16H21N5O2S/c22-16(18-14(12-1-2-12)15-17-4-10-24-15)21-7-5-20(6-8-21)11-13-3-9-23-19-13/h3-4,9-10,12,14H,1-2,5-8,11H2,(H,18,22)/t14-/m1/s1. The van der Waals surface area contributed by atoms with Crippen LogP contribution in [0.2, 0.25) is 0 Å². The summed E-state index contributed by atoms with van der Waals surface area (Å²) in [6.07, 6.45) is 5.76. The van der Waals surface area contributed by atoms with Gasteiger partial charge in [-0.2, -0.15) is 0 Å². The first-order chi connectivity index (χ1) is 11.8. The van der Waals surface area contributed by atoms with E-state index in [0.717, 1.165) is 43.4 Å². The van der Waals surface area contributed by atoms with Crippen LogP contribution < -0.4 is 5.32 Å². The van der Waals surface area contributed by atoms with Gasteiger partial charge >= 0.3 is 6.03 Å². The molecule has 1 saturated heterocycles. The van der Waals surface area contributed by atoms with Gasteiger partial charge in [-0.1, -0.05) is 5.16 Å². The molecule has 24 heavy (non-hydrogen) atoms. The van der Waals surface area contributed by atoms with Crippen LogP contribution in [0.4, 0.5) is 4.79 Å². The number of hydrogen-bond acceptors (Lipinski definition) is 6. The van der Waals surface area contributed by atoms with E-state index < -0.39 is 0 Å². The lowest BCUT2D eigenvalue weighted by Crippen LogP contribution is -2.52. The van der Waals surface area contributed by atoms with Crippen LogP contribution in [0.15, 0.2) is 28.4 Å². The summed E-state index contributed by atoms with van der Waals surface area (Å²) in [6, 6.07) is 1.99. The molecule has 2 aromatic heterocycles. The van der Waals surface area contributed by atoms with E-state index in [1.807, 2.05) is 22.5 Å². The fraction of sp³-hybridized carbons (Fsp3) is 0.562. The van der Waals surface area contributed by atoms with E-state index in [9.17, 15) is 4.79 Å². The number of urea groups is 1. The molecule has 4 rings (SSSR count). The number of piperazine rings is 1. The summed E-state index contributed by atoms with van der Waals surface area (Å²) in [6.45, 7) is 3.95. The van der Waals surface area contributed by atoms with Gasteiger partial charge < -0.3 is 14.7 Å². The minimum atomic E-state index is 0.0307. The Labute approximate surface area is 144 Å². The molecule has 2 amide bonds. The monoisotopic (exact) mass is 347 g/mol. The van der Waals surface area contributed by atoms with Crippen LogP contribution in [-0.2, 0) is 6.54 Å². The van der Waals surface area contributed by atoms with Gasteiger partial charge in [-0.15, -0.1) is 11.3 Å². The molecule has 128 valence electrons. The molecule has 0 unspecified atom stereocenters. The molecule has 0 bridgehead atoms. The molecular weight excluding hydrogens is 326 g/mol. The first kappa shape index (κ1) is 15.6. The van der Waals surface area contributed by atoms with E-state index >= 15 is 0 Å². The lowest BCUT2D eigenvalue weighted by Gasteiger charge is -2.35. The first-order valence-corrected chi connectivity index (χ1v) is 9.24. The zero-order valence-electron chi connectivity index (χ0n) is 13.4. The number of hydrogen-bond donors (Lipinski definition) is 1. The molecule has 2 fully saturated rings. The highest BCUT2D eigenvalue weighted by atomic mass is 32.1. The molecule has 3 heterocycles. The minimum Gasteiger partial charge on any atom is -0.364 e. The number of carbonyl (C=O) groups is 1. The molecule has 2 aromatic rings. The van der Waals surface area contributed by atoms with Crippen LogP contribution in [0.5, 0.6) is 0 Å². The summed E-state index contributed by atoms with van der Waals surface area (Å²) in [7, 11) is 0. The van der Waals surface area contributed by atoms with E-state index in [4.69, 9.17) is 4.52 Å². The van der Waals surface area contributed by atoms with Gasteiger partial charge in [0.05, 0.1) is 11.7 Å². The van der Waals surface area contributed by atoms with Crippen molar-refractivity contribution in [2.24, 2.45) is 5.92 Å². The van der Waals surface area contributed by atoms with E-state index in [2.05, 4.69) is 20.4 Å². The second-order valence-corrected chi connectivity index (χ2v) is 7.32. The summed E-state index contributed by atoms with van der Waals surface area (Å²) in [5.74, 6) is 0.550. The lowest BCUT2D eigenvalue weighted by atomic mass is 10.2. The van der Waals surface area contributed by atoms with Gasteiger partial charge in [-0.05, 0) is 18.8 Å². The molecule has 1 aliphatic heterocycles. The average molecular weight is 347 g/mol. The smallest absolute Gasteiger partial charge is 0.318 e. The van der Waals surface area contributed by atoms with Gasteiger partial charge in [0.15, 0.2) is 0 Å². The molecule has 1 atom stereocenters. The van der Waals surface area contributed by atoms with Crippen molar-refractivity contribution in [3.8, 4) is 0 Å². The highest BCUT2D eigenvalue weighted by Crippen LogP contribution is 2.41. The van der Waals surface area contributed by atoms with Gasteiger partial charge in [0.2, 0.25) is 0 Å². The normalized spacial score (nSPS) is 20.1. The maximum absolute atomic E-state index is 12.6. The summed E-state index contributed by atoms with van der Waals surface area (Å²) < 4.78 is 4.87. The second kappa shape index (κ2) is 6.90. The fourth-order valence-corrected chi connectivity index (χ4v) is 3.86. The number of amides is 2. The number of nitrogens with one attached hydrogen (secondary N) is 1. The van der Waals surface area contributed by atoms with Crippen molar-refractivity contribution in [2.45, 2.75) is 25.4 Å². The van der Waals surface area contributed by atoms with Crippen molar-refractivity contribution in [3.63, 3.8) is 0 Å². The summed E-state index contributed by atoms with van der Waals surface area (Å²) in [4.78, 5) is 21.2. The Bertz CT molecular complexity index is 648. The molecule has 0 aromatic carbocycles. The SMILES string of the molecule is O=C(N[C@@H](c1nccs1)C1CC1)N1CCN(Cc2ccon2)CC1. The number of aromatic nitrogens is 2. The van der Waals surface area contributed by atoms with Crippen LogP contribution in [0.25, 0.3) is 0 Å². The Morgan fingerprint density at radius 1 is 1.38 bits per heavy atom. The molecule has 2 aliphatic rings. The Morgan fingerprint density at radius 3 is 2.83 bits per heavy atom. The Morgan fingerprint density at radius 2 is 2.21 bits per heavy atom. The Hall–Kier alpha value is -1.93. The van der Waals surface area contributed by atoms with Crippen LogP contribution in [0.3, 0.4) is 0 Å². The van der Waals surface area contributed by atoms with E-state index in [1.165, 1.54) is 12.8 Å². The molecule has 1 aliphatic carbocycles. The topological polar surface area (TPSA) is 74.5 Å². The molecule has 7 nitrogen and oxygen atoms in total. The predicted molar refractivity (Wildman–Crippen MR) is 89.5 cm³/mol.